The fourth-order valence-electron chi connectivity index (χ4n) is 1.45. The van der Waals surface area contributed by atoms with E-state index in [9.17, 15) is 8.42 Å². The zero-order valence-electron chi connectivity index (χ0n) is 10.9. The fourth-order valence-corrected chi connectivity index (χ4v) is 2.39. The molecule has 0 aliphatic carbocycles. The van der Waals surface area contributed by atoms with E-state index in [4.69, 9.17) is 0 Å². The van der Waals surface area contributed by atoms with Gasteiger partial charge in [-0.1, -0.05) is 6.92 Å². The molecule has 0 amide bonds. The van der Waals surface area contributed by atoms with Crippen molar-refractivity contribution in [3.63, 3.8) is 0 Å². The van der Waals surface area contributed by atoms with E-state index in [1.165, 1.54) is 24.5 Å². The van der Waals surface area contributed by atoms with Crippen molar-refractivity contribution in [2.45, 2.75) is 18.2 Å². The molecule has 0 fully saturated rings. The van der Waals surface area contributed by atoms with Gasteiger partial charge in [-0.2, -0.15) is 5.10 Å². The lowest BCUT2D eigenvalue weighted by molar-refractivity contribution is 0.600. The van der Waals surface area contributed by atoms with Crippen molar-refractivity contribution in [3.05, 3.63) is 36.7 Å². The van der Waals surface area contributed by atoms with Crippen molar-refractivity contribution >= 4 is 21.7 Å². The lowest BCUT2D eigenvalue weighted by Gasteiger charge is -2.07. The van der Waals surface area contributed by atoms with Gasteiger partial charge >= 0.3 is 0 Å². The molecule has 0 aliphatic heterocycles. The Kier molecular flexibility index (Phi) is 4.46. The molecule has 0 aromatic carbocycles. The van der Waals surface area contributed by atoms with Gasteiger partial charge in [-0.15, -0.1) is 5.10 Å². The molecule has 0 atom stereocenters. The predicted molar refractivity (Wildman–Crippen MR) is 75.9 cm³/mol. The summed E-state index contributed by atoms with van der Waals surface area (Å²) in [5.74, 6) is 0.811. The average molecular weight is 293 g/mol. The molecule has 0 aliphatic rings. The summed E-state index contributed by atoms with van der Waals surface area (Å²) in [5.41, 5.74) is 0. The topological polar surface area (TPSA) is 96.9 Å². The van der Waals surface area contributed by atoms with Gasteiger partial charge in [0.25, 0.3) is 10.0 Å². The van der Waals surface area contributed by atoms with Crippen molar-refractivity contribution in [2.24, 2.45) is 0 Å². The molecular weight excluding hydrogens is 278 g/mol. The second-order valence-electron chi connectivity index (χ2n) is 4.02. The van der Waals surface area contributed by atoms with Crippen molar-refractivity contribution < 1.29 is 8.42 Å². The van der Waals surface area contributed by atoms with Crippen LogP contribution in [0.15, 0.2) is 41.6 Å². The normalized spacial score (nSPS) is 11.1. The van der Waals surface area contributed by atoms with Crippen LogP contribution >= 0.6 is 0 Å². The quantitative estimate of drug-likeness (QED) is 0.837. The van der Waals surface area contributed by atoms with Crippen LogP contribution in [0, 0.1) is 0 Å². The molecule has 0 spiro atoms. The third-order valence-electron chi connectivity index (χ3n) is 2.41. The predicted octanol–water partition coefficient (Wildman–Crippen LogP) is 1.49. The van der Waals surface area contributed by atoms with Gasteiger partial charge in [0.2, 0.25) is 0 Å². The van der Waals surface area contributed by atoms with Crippen molar-refractivity contribution in [1.82, 2.24) is 15.2 Å². The molecule has 2 aromatic rings. The number of pyridine rings is 1. The number of anilines is 2. The monoisotopic (exact) mass is 293 g/mol. The molecule has 0 radical (unpaired) electrons. The highest BCUT2D eigenvalue weighted by molar-refractivity contribution is 7.92. The van der Waals surface area contributed by atoms with Gasteiger partial charge in [0.05, 0.1) is 0 Å². The average Bonchev–Trinajstić information content (AvgIpc) is 2.46. The Bertz CT molecular complexity index is 643. The van der Waals surface area contributed by atoms with E-state index in [1.54, 1.807) is 12.1 Å². The standard InChI is InChI=1S/C12H15N5O2S/c1-2-7-13-11-6-5-10(9-14-11)20(18,19)17-12-4-3-8-15-16-12/h3-6,8-9H,2,7H2,1H3,(H,13,14)(H,16,17). The van der Waals surface area contributed by atoms with E-state index in [2.05, 4.69) is 25.2 Å². The van der Waals surface area contributed by atoms with E-state index in [0.29, 0.717) is 5.82 Å². The van der Waals surface area contributed by atoms with Gasteiger partial charge in [-0.25, -0.2) is 13.4 Å². The number of hydrogen-bond donors (Lipinski definition) is 2. The summed E-state index contributed by atoms with van der Waals surface area (Å²) in [7, 11) is -3.69. The van der Waals surface area contributed by atoms with Crippen LogP contribution in [0.1, 0.15) is 13.3 Å². The third kappa shape index (κ3) is 3.64. The lowest BCUT2D eigenvalue weighted by Crippen LogP contribution is -2.14. The maximum atomic E-state index is 12.1. The van der Waals surface area contributed by atoms with Crippen LogP contribution in [-0.4, -0.2) is 30.1 Å². The largest absolute Gasteiger partial charge is 0.370 e. The molecular formula is C12H15N5O2S. The summed E-state index contributed by atoms with van der Waals surface area (Å²) >= 11 is 0. The summed E-state index contributed by atoms with van der Waals surface area (Å²) in [6.45, 7) is 2.83. The summed E-state index contributed by atoms with van der Waals surface area (Å²) in [4.78, 5) is 4.13. The van der Waals surface area contributed by atoms with Crippen molar-refractivity contribution in [2.75, 3.05) is 16.6 Å². The fraction of sp³-hybridized carbons (Fsp3) is 0.250. The first-order valence-electron chi connectivity index (χ1n) is 6.12. The third-order valence-corrected chi connectivity index (χ3v) is 3.75. The molecule has 2 N–H and O–H groups in total. The van der Waals surface area contributed by atoms with Crippen molar-refractivity contribution in [3.8, 4) is 0 Å². The molecule has 2 aromatic heterocycles. The van der Waals surface area contributed by atoms with Crippen LogP contribution in [0.25, 0.3) is 0 Å². The Balaban J connectivity index is 2.13. The molecule has 20 heavy (non-hydrogen) atoms. The Labute approximate surface area is 117 Å². The highest BCUT2D eigenvalue weighted by atomic mass is 32.2. The van der Waals surface area contributed by atoms with Crippen LogP contribution in [0.4, 0.5) is 11.6 Å². The van der Waals surface area contributed by atoms with E-state index in [-0.39, 0.29) is 10.7 Å². The van der Waals surface area contributed by atoms with Gasteiger partial charge in [-0.05, 0) is 30.7 Å². The first kappa shape index (κ1) is 14.2. The molecule has 8 heteroatoms. The Morgan fingerprint density at radius 1 is 1.20 bits per heavy atom. The first-order valence-corrected chi connectivity index (χ1v) is 7.60. The van der Waals surface area contributed by atoms with Crippen molar-refractivity contribution in [1.29, 1.82) is 0 Å². The van der Waals surface area contributed by atoms with Gasteiger partial charge < -0.3 is 5.32 Å². The van der Waals surface area contributed by atoms with Gasteiger partial charge in [0, 0.05) is 18.9 Å². The number of hydrogen-bond acceptors (Lipinski definition) is 6. The number of rotatable bonds is 6. The van der Waals surface area contributed by atoms with Gasteiger partial charge in [-0.3, -0.25) is 4.72 Å². The second kappa shape index (κ2) is 6.29. The molecule has 7 nitrogen and oxygen atoms in total. The van der Waals surface area contributed by atoms with Crippen LogP contribution < -0.4 is 10.0 Å². The minimum Gasteiger partial charge on any atom is -0.370 e. The maximum absolute atomic E-state index is 12.1. The minimum atomic E-state index is -3.69. The number of sulfonamides is 1. The van der Waals surface area contributed by atoms with Crippen LogP contribution in [0.3, 0.4) is 0 Å². The molecule has 0 saturated carbocycles. The highest BCUT2D eigenvalue weighted by Gasteiger charge is 2.15. The van der Waals surface area contributed by atoms with Gasteiger partial charge in [0.15, 0.2) is 5.82 Å². The molecule has 0 bridgehead atoms. The Morgan fingerprint density at radius 2 is 2.05 bits per heavy atom. The van der Waals surface area contributed by atoms with E-state index in [1.807, 2.05) is 6.92 Å². The van der Waals surface area contributed by atoms with Crippen LogP contribution in [-0.2, 0) is 10.0 Å². The molecule has 0 saturated heterocycles. The number of aromatic nitrogens is 3. The summed E-state index contributed by atoms with van der Waals surface area (Å²) in [5, 5.41) is 10.4. The maximum Gasteiger partial charge on any atom is 0.264 e. The second-order valence-corrected chi connectivity index (χ2v) is 5.70. The van der Waals surface area contributed by atoms with E-state index < -0.39 is 10.0 Å². The van der Waals surface area contributed by atoms with E-state index in [0.717, 1.165) is 13.0 Å². The zero-order chi connectivity index (χ0) is 14.4. The zero-order valence-corrected chi connectivity index (χ0v) is 11.8. The smallest absolute Gasteiger partial charge is 0.264 e. The summed E-state index contributed by atoms with van der Waals surface area (Å²) in [6.07, 6.45) is 3.74. The summed E-state index contributed by atoms with van der Waals surface area (Å²) < 4.78 is 26.5. The Morgan fingerprint density at radius 3 is 2.65 bits per heavy atom. The molecule has 106 valence electrons. The van der Waals surface area contributed by atoms with Crippen LogP contribution in [0.5, 0.6) is 0 Å². The van der Waals surface area contributed by atoms with E-state index >= 15 is 0 Å². The number of nitrogens with zero attached hydrogens (tertiary/aromatic N) is 3. The SMILES string of the molecule is CCCNc1ccc(S(=O)(=O)Nc2cccnn2)cn1. The first-order chi connectivity index (χ1) is 9.62. The molecule has 2 heterocycles. The summed E-state index contributed by atoms with van der Waals surface area (Å²) in [6, 6.07) is 6.24. The Hall–Kier alpha value is -2.22. The highest BCUT2D eigenvalue weighted by Crippen LogP contribution is 2.14. The van der Waals surface area contributed by atoms with Gasteiger partial charge in [0.1, 0.15) is 10.7 Å². The number of nitrogens with one attached hydrogen (secondary N) is 2. The minimum absolute atomic E-state index is 0.0743. The molecule has 0 unspecified atom stereocenters. The van der Waals surface area contributed by atoms with Crippen LogP contribution in [0.2, 0.25) is 0 Å². The lowest BCUT2D eigenvalue weighted by atomic mass is 10.4. The molecule has 2 rings (SSSR count).